The molecule has 0 spiro atoms. The van der Waals surface area contributed by atoms with E-state index in [0.29, 0.717) is 0 Å². The van der Waals surface area contributed by atoms with Crippen molar-refractivity contribution in [1.29, 1.82) is 0 Å². The van der Waals surface area contributed by atoms with Crippen LogP contribution in [0.3, 0.4) is 0 Å². The first-order chi connectivity index (χ1) is 4.02. The lowest BCUT2D eigenvalue weighted by molar-refractivity contribution is -0.0940. The molecule has 0 aromatic rings. The Bertz CT molecular complexity index is 79.1. The predicted molar refractivity (Wildman–Crippen MR) is 26.9 cm³/mol. The minimum atomic E-state index is -1.93. The van der Waals surface area contributed by atoms with Gasteiger partial charge in [0.2, 0.25) is 0 Å². The maximum absolute atomic E-state index is 6.88. The zero-order chi connectivity index (χ0) is 7.49. The zero-order valence-corrected chi connectivity index (χ0v) is 4.47. The van der Waals surface area contributed by atoms with Gasteiger partial charge >= 0.3 is 0 Å². The largest absolute Gasteiger partial charge is 0.355 e. The number of nitrogens with two attached hydrogens (primary N) is 1. The Hall–Kier alpha value is -0.120. The monoisotopic (exact) mass is 107 g/mol. The average Bonchev–Trinajstić information content (AvgIpc) is 1.65. The molecule has 3 nitrogen and oxygen atoms in total. The summed E-state index contributed by atoms with van der Waals surface area (Å²) in [6.07, 6.45) is -0.988. The van der Waals surface area contributed by atoms with Crippen LogP contribution in [-0.2, 0) is 9.47 Å². The Labute approximate surface area is 46.2 Å². The third kappa shape index (κ3) is 2.56. The summed E-state index contributed by atoms with van der Waals surface area (Å²) >= 11 is 0. The van der Waals surface area contributed by atoms with Gasteiger partial charge in [0, 0.05) is 23.5 Å². The van der Waals surface area contributed by atoms with Gasteiger partial charge in [-0.3, -0.25) is 0 Å². The van der Waals surface area contributed by atoms with Gasteiger partial charge < -0.3 is 15.2 Å². The first-order valence-corrected chi connectivity index (χ1v) is 1.87. The summed E-state index contributed by atoms with van der Waals surface area (Å²) in [4.78, 5) is 0. The molecule has 0 saturated carbocycles. The molecule has 3 heteroatoms. The molecular formula is C4H11NO2. The van der Waals surface area contributed by atoms with Crippen LogP contribution in [0.4, 0.5) is 0 Å². The number of rotatable bonds is 3. The summed E-state index contributed by atoms with van der Waals surface area (Å²) < 4.78 is 22.9. The van der Waals surface area contributed by atoms with E-state index in [-0.39, 0.29) is 0 Å². The topological polar surface area (TPSA) is 44.5 Å². The molecule has 2 N–H and O–H groups in total. The second-order valence-electron chi connectivity index (χ2n) is 0.970. The molecule has 0 rings (SSSR count). The van der Waals surface area contributed by atoms with Gasteiger partial charge in [-0.05, 0) is 0 Å². The second kappa shape index (κ2) is 4.05. The van der Waals surface area contributed by atoms with Crippen molar-refractivity contribution in [2.75, 3.05) is 20.7 Å². The maximum atomic E-state index is 6.88. The molecule has 0 amide bonds. The SMILES string of the molecule is [2H]C([2H])(N)C(OC)OC. The summed E-state index contributed by atoms with van der Waals surface area (Å²) in [5.74, 6) is 0. The third-order valence-electron chi connectivity index (χ3n) is 0.564. The molecule has 0 aliphatic rings. The van der Waals surface area contributed by atoms with Crippen LogP contribution in [0.15, 0.2) is 0 Å². The molecule has 0 radical (unpaired) electrons. The maximum Gasteiger partial charge on any atom is 0.168 e. The summed E-state index contributed by atoms with van der Waals surface area (Å²) in [6.45, 7) is -1.93. The van der Waals surface area contributed by atoms with E-state index < -0.39 is 12.8 Å². The Kier molecular flexibility index (Phi) is 2.22. The van der Waals surface area contributed by atoms with E-state index in [0.717, 1.165) is 0 Å². The molecule has 0 fully saturated rings. The van der Waals surface area contributed by atoms with Crippen LogP contribution in [0.5, 0.6) is 0 Å². The zero-order valence-electron chi connectivity index (χ0n) is 6.47. The fourth-order valence-corrected chi connectivity index (χ4v) is 0.232. The fraction of sp³-hybridized carbons (Fsp3) is 1.00. The molecule has 0 heterocycles. The van der Waals surface area contributed by atoms with E-state index in [1.165, 1.54) is 14.2 Å². The van der Waals surface area contributed by atoms with Crippen LogP contribution >= 0.6 is 0 Å². The average molecular weight is 107 g/mol. The van der Waals surface area contributed by atoms with Crippen molar-refractivity contribution < 1.29 is 12.2 Å². The molecule has 0 saturated heterocycles. The summed E-state index contributed by atoms with van der Waals surface area (Å²) in [5.41, 5.74) is 4.98. The first-order valence-electron chi connectivity index (χ1n) is 2.87. The number of hydrogen-bond donors (Lipinski definition) is 1. The molecular weight excluding hydrogens is 94.0 g/mol. The number of hydrogen-bond acceptors (Lipinski definition) is 3. The molecule has 0 aromatic carbocycles. The summed E-state index contributed by atoms with van der Waals surface area (Å²) in [6, 6.07) is 0. The van der Waals surface area contributed by atoms with Gasteiger partial charge in [0.1, 0.15) is 0 Å². The molecule has 0 aliphatic carbocycles. The van der Waals surface area contributed by atoms with E-state index in [9.17, 15) is 0 Å². The normalized spacial score (nSPS) is 16.6. The van der Waals surface area contributed by atoms with Crippen molar-refractivity contribution >= 4 is 0 Å². The quantitative estimate of drug-likeness (QED) is 0.497. The van der Waals surface area contributed by atoms with Gasteiger partial charge in [0.05, 0.1) is 0 Å². The Morgan fingerprint density at radius 3 is 2.14 bits per heavy atom. The van der Waals surface area contributed by atoms with Crippen LogP contribution in [0.2, 0.25) is 0 Å². The standard InChI is InChI=1S/C4H11NO2/c1-6-4(3-5)7-2/h4H,3,5H2,1-2H3/i3D2. The molecule has 0 aliphatic heterocycles. The van der Waals surface area contributed by atoms with Crippen LogP contribution in [0, 0.1) is 0 Å². The van der Waals surface area contributed by atoms with Gasteiger partial charge in [-0.1, -0.05) is 0 Å². The van der Waals surface area contributed by atoms with Gasteiger partial charge in [0.25, 0.3) is 0 Å². The van der Waals surface area contributed by atoms with Crippen LogP contribution < -0.4 is 5.73 Å². The Balaban J connectivity index is 3.79. The number of ether oxygens (including phenoxy) is 2. The lowest BCUT2D eigenvalue weighted by Crippen LogP contribution is -2.23. The highest BCUT2D eigenvalue weighted by Gasteiger charge is 1.96. The molecule has 0 aromatic heterocycles. The molecule has 7 heavy (non-hydrogen) atoms. The highest BCUT2D eigenvalue weighted by molar-refractivity contribution is 4.37. The van der Waals surface area contributed by atoms with Crippen LogP contribution in [0.25, 0.3) is 0 Å². The highest BCUT2D eigenvalue weighted by Crippen LogP contribution is 1.83. The van der Waals surface area contributed by atoms with Crippen molar-refractivity contribution in [3.05, 3.63) is 0 Å². The first kappa shape index (κ1) is 3.83. The molecule has 0 bridgehead atoms. The molecule has 0 unspecified atom stereocenters. The van der Waals surface area contributed by atoms with Crippen molar-refractivity contribution in [2.24, 2.45) is 5.73 Å². The number of methoxy groups -OCH3 is 2. The summed E-state index contributed by atoms with van der Waals surface area (Å²) in [5, 5.41) is 0. The highest BCUT2D eigenvalue weighted by atomic mass is 16.7. The predicted octanol–water partition coefficient (Wildman–Crippen LogP) is -0.436. The smallest absolute Gasteiger partial charge is 0.168 e. The van der Waals surface area contributed by atoms with Gasteiger partial charge in [-0.15, -0.1) is 0 Å². The van der Waals surface area contributed by atoms with E-state index in [1.807, 2.05) is 0 Å². The third-order valence-corrected chi connectivity index (χ3v) is 0.564. The lowest BCUT2D eigenvalue weighted by atomic mass is 10.6. The van der Waals surface area contributed by atoms with Crippen molar-refractivity contribution in [3.63, 3.8) is 0 Å². The van der Waals surface area contributed by atoms with Crippen LogP contribution in [-0.4, -0.2) is 27.0 Å². The lowest BCUT2D eigenvalue weighted by Gasteiger charge is -2.08. The fourth-order valence-electron chi connectivity index (χ4n) is 0.232. The minimum Gasteiger partial charge on any atom is -0.355 e. The van der Waals surface area contributed by atoms with E-state index in [4.69, 9.17) is 8.48 Å². The van der Waals surface area contributed by atoms with Gasteiger partial charge in [-0.25, -0.2) is 0 Å². The van der Waals surface area contributed by atoms with Crippen molar-refractivity contribution in [2.45, 2.75) is 6.29 Å². The van der Waals surface area contributed by atoms with Crippen LogP contribution in [0.1, 0.15) is 2.74 Å². The Morgan fingerprint density at radius 1 is 1.71 bits per heavy atom. The van der Waals surface area contributed by atoms with E-state index in [1.54, 1.807) is 0 Å². The van der Waals surface area contributed by atoms with Gasteiger partial charge in [0.15, 0.2) is 6.29 Å². The van der Waals surface area contributed by atoms with E-state index in [2.05, 4.69) is 9.47 Å². The van der Waals surface area contributed by atoms with E-state index >= 15 is 0 Å². The molecule has 0 atom stereocenters. The van der Waals surface area contributed by atoms with Crippen molar-refractivity contribution in [1.82, 2.24) is 0 Å². The molecule has 44 valence electrons. The summed E-state index contributed by atoms with van der Waals surface area (Å²) in [7, 11) is 2.66. The van der Waals surface area contributed by atoms with Gasteiger partial charge in [-0.2, -0.15) is 0 Å². The minimum absolute atomic E-state index is 0.988. The van der Waals surface area contributed by atoms with Crippen molar-refractivity contribution in [3.8, 4) is 0 Å². The Morgan fingerprint density at radius 2 is 2.14 bits per heavy atom. The second-order valence-corrected chi connectivity index (χ2v) is 0.970.